The molecule has 0 saturated carbocycles. The van der Waals surface area contributed by atoms with E-state index >= 15 is 0 Å². The molecule has 118 valence electrons. The summed E-state index contributed by atoms with van der Waals surface area (Å²) >= 11 is 0. The van der Waals surface area contributed by atoms with E-state index in [1.165, 1.54) is 24.3 Å². The van der Waals surface area contributed by atoms with Gasteiger partial charge in [-0.05, 0) is 18.6 Å². The number of nitro groups is 1. The molecule has 0 aliphatic heterocycles. The van der Waals surface area contributed by atoms with Crippen molar-refractivity contribution in [3.8, 4) is 0 Å². The third kappa shape index (κ3) is 2.52. The number of aryl methyl sites for hydroxylation is 2. The number of non-ortho nitro benzene ring substituents is 1. The van der Waals surface area contributed by atoms with Crippen LogP contribution in [0.15, 0.2) is 24.3 Å². The van der Waals surface area contributed by atoms with Gasteiger partial charge in [0, 0.05) is 24.7 Å². The second-order valence-corrected chi connectivity index (χ2v) is 4.98. The molecule has 0 fully saturated rings. The Morgan fingerprint density at radius 1 is 1.39 bits per heavy atom. The fraction of sp³-hybridized carbons (Fsp3) is 0.214. The first-order chi connectivity index (χ1) is 11.0. The second kappa shape index (κ2) is 5.52. The average Bonchev–Trinajstić information content (AvgIpc) is 3.09. The zero-order chi connectivity index (χ0) is 16.6. The van der Waals surface area contributed by atoms with Gasteiger partial charge in [-0.3, -0.25) is 20.0 Å². The summed E-state index contributed by atoms with van der Waals surface area (Å²) in [4.78, 5) is 22.4. The molecule has 0 aliphatic carbocycles. The predicted molar refractivity (Wildman–Crippen MR) is 83.3 cm³/mol. The maximum absolute atomic E-state index is 12.3. The molecule has 1 amide bonds. The predicted octanol–water partition coefficient (Wildman–Crippen LogP) is 2.02. The van der Waals surface area contributed by atoms with Crippen molar-refractivity contribution in [1.82, 2.24) is 20.0 Å². The largest absolute Gasteiger partial charge is 0.306 e. The Labute approximate surface area is 130 Å². The highest BCUT2D eigenvalue weighted by Gasteiger charge is 2.18. The summed E-state index contributed by atoms with van der Waals surface area (Å²) < 4.78 is 1.65. The third-order valence-electron chi connectivity index (χ3n) is 3.53. The minimum absolute atomic E-state index is 0.0639. The molecule has 0 bridgehead atoms. The zero-order valence-electron chi connectivity index (χ0n) is 12.5. The van der Waals surface area contributed by atoms with E-state index in [2.05, 4.69) is 20.6 Å². The van der Waals surface area contributed by atoms with Gasteiger partial charge in [-0.25, -0.2) is 4.68 Å². The number of benzene rings is 1. The molecule has 3 rings (SSSR count). The number of aromatic amines is 1. The van der Waals surface area contributed by atoms with Crippen molar-refractivity contribution in [2.24, 2.45) is 7.05 Å². The summed E-state index contributed by atoms with van der Waals surface area (Å²) in [6.07, 6.45) is 0.706. The molecule has 1 aromatic carbocycles. The number of H-pyrrole nitrogens is 1. The zero-order valence-corrected chi connectivity index (χ0v) is 12.5. The molecule has 2 N–H and O–H groups in total. The van der Waals surface area contributed by atoms with Gasteiger partial charge < -0.3 is 5.32 Å². The minimum Gasteiger partial charge on any atom is -0.306 e. The molecule has 3 aromatic rings. The van der Waals surface area contributed by atoms with Crippen molar-refractivity contribution >= 4 is 28.4 Å². The van der Waals surface area contributed by atoms with E-state index in [4.69, 9.17) is 0 Å². The highest BCUT2D eigenvalue weighted by molar-refractivity contribution is 6.08. The average molecular weight is 314 g/mol. The van der Waals surface area contributed by atoms with Gasteiger partial charge in [0.25, 0.3) is 11.6 Å². The number of anilines is 1. The Kier molecular flexibility index (Phi) is 3.53. The van der Waals surface area contributed by atoms with Crippen LogP contribution in [-0.4, -0.2) is 30.8 Å². The van der Waals surface area contributed by atoms with Crippen molar-refractivity contribution in [2.75, 3.05) is 5.32 Å². The summed E-state index contributed by atoms with van der Waals surface area (Å²) in [6.45, 7) is 1.97. The van der Waals surface area contributed by atoms with Crippen molar-refractivity contribution < 1.29 is 9.72 Å². The Morgan fingerprint density at radius 2 is 2.09 bits per heavy atom. The number of hydrogen-bond donors (Lipinski definition) is 2. The Balaban J connectivity index is 1.89. The maximum Gasteiger partial charge on any atom is 0.269 e. The van der Waals surface area contributed by atoms with Gasteiger partial charge in [-0.15, -0.1) is 0 Å². The highest BCUT2D eigenvalue weighted by atomic mass is 16.6. The molecule has 0 spiro atoms. The Hall–Kier alpha value is -3.23. The van der Waals surface area contributed by atoms with E-state index < -0.39 is 4.92 Å². The lowest BCUT2D eigenvalue weighted by Gasteiger charge is -2.03. The lowest BCUT2D eigenvalue weighted by molar-refractivity contribution is -0.384. The number of nitrogens with one attached hydrogen (secondary N) is 2. The molecule has 9 heteroatoms. The molecule has 2 heterocycles. The lowest BCUT2D eigenvalue weighted by atomic mass is 10.2. The first kappa shape index (κ1) is 14.7. The van der Waals surface area contributed by atoms with Crippen molar-refractivity contribution in [3.05, 3.63) is 45.6 Å². The minimum atomic E-state index is -0.511. The maximum atomic E-state index is 12.3. The summed E-state index contributed by atoms with van der Waals surface area (Å²) in [7, 11) is 1.78. The number of carbonyl (C=O) groups excluding carboxylic acids is 1. The van der Waals surface area contributed by atoms with Crippen molar-refractivity contribution in [3.63, 3.8) is 0 Å². The molecule has 0 radical (unpaired) electrons. The topological polar surface area (TPSA) is 119 Å². The number of aromatic nitrogens is 4. The van der Waals surface area contributed by atoms with Crippen LogP contribution in [0.25, 0.3) is 11.0 Å². The van der Waals surface area contributed by atoms with E-state index in [1.807, 2.05) is 6.92 Å². The van der Waals surface area contributed by atoms with Gasteiger partial charge >= 0.3 is 0 Å². The third-order valence-corrected chi connectivity index (χ3v) is 3.53. The SMILES string of the molecule is CCc1nn(C)c2n[nH]c(NC(=O)c3ccc([N+](=O)[O-])cc3)c12. The van der Waals surface area contributed by atoms with Gasteiger partial charge in [-0.2, -0.15) is 10.2 Å². The van der Waals surface area contributed by atoms with Gasteiger partial charge in [0.1, 0.15) is 5.82 Å². The fourth-order valence-electron chi connectivity index (χ4n) is 2.38. The van der Waals surface area contributed by atoms with E-state index in [1.54, 1.807) is 11.7 Å². The molecule has 0 saturated heterocycles. The van der Waals surface area contributed by atoms with Crippen LogP contribution in [0.1, 0.15) is 23.0 Å². The van der Waals surface area contributed by atoms with Crippen LogP contribution >= 0.6 is 0 Å². The molecular weight excluding hydrogens is 300 g/mol. The first-order valence-electron chi connectivity index (χ1n) is 6.97. The number of nitrogens with zero attached hydrogens (tertiary/aromatic N) is 4. The molecule has 0 aliphatic rings. The van der Waals surface area contributed by atoms with Crippen LogP contribution in [0, 0.1) is 10.1 Å². The Morgan fingerprint density at radius 3 is 2.70 bits per heavy atom. The number of fused-ring (bicyclic) bond motifs is 1. The molecule has 0 unspecified atom stereocenters. The summed E-state index contributed by atoms with van der Waals surface area (Å²) in [6, 6.07) is 5.40. The van der Waals surface area contributed by atoms with Crippen LogP contribution in [0.3, 0.4) is 0 Å². The summed E-state index contributed by atoms with van der Waals surface area (Å²) in [5.41, 5.74) is 1.74. The van der Waals surface area contributed by atoms with Gasteiger partial charge in [0.15, 0.2) is 5.65 Å². The van der Waals surface area contributed by atoms with Crippen LogP contribution in [0.5, 0.6) is 0 Å². The number of rotatable bonds is 4. The highest BCUT2D eigenvalue weighted by Crippen LogP contribution is 2.25. The lowest BCUT2D eigenvalue weighted by Crippen LogP contribution is -2.12. The molecular formula is C14H14N6O3. The van der Waals surface area contributed by atoms with Crippen molar-refractivity contribution in [1.29, 1.82) is 0 Å². The fourth-order valence-corrected chi connectivity index (χ4v) is 2.38. The van der Waals surface area contributed by atoms with Crippen LogP contribution < -0.4 is 5.32 Å². The molecule has 9 nitrogen and oxygen atoms in total. The first-order valence-corrected chi connectivity index (χ1v) is 6.97. The number of nitro benzene ring substituents is 1. The number of hydrogen-bond acceptors (Lipinski definition) is 5. The smallest absolute Gasteiger partial charge is 0.269 e. The molecule has 23 heavy (non-hydrogen) atoms. The van der Waals surface area contributed by atoms with E-state index in [0.717, 1.165) is 11.1 Å². The quantitative estimate of drug-likeness (QED) is 0.564. The van der Waals surface area contributed by atoms with Crippen LogP contribution in [-0.2, 0) is 13.5 Å². The van der Waals surface area contributed by atoms with Gasteiger partial charge in [-0.1, -0.05) is 6.92 Å². The van der Waals surface area contributed by atoms with E-state index in [0.29, 0.717) is 23.4 Å². The standard InChI is InChI=1S/C14H14N6O3/c1-3-10-11-12(16-17-13(11)19(2)18-10)15-14(21)8-4-6-9(7-5-8)20(22)23/h4-7H,3H2,1-2H3,(H2,15,16,17,21). The van der Waals surface area contributed by atoms with Gasteiger partial charge in [0.05, 0.1) is 16.0 Å². The van der Waals surface area contributed by atoms with Crippen molar-refractivity contribution in [2.45, 2.75) is 13.3 Å². The molecule has 2 aromatic heterocycles. The molecule has 0 atom stereocenters. The summed E-state index contributed by atoms with van der Waals surface area (Å²) in [5.74, 6) is 0.0876. The normalized spacial score (nSPS) is 10.9. The second-order valence-electron chi connectivity index (χ2n) is 4.98. The van der Waals surface area contributed by atoms with E-state index in [-0.39, 0.29) is 11.6 Å². The van der Waals surface area contributed by atoms with Crippen LogP contribution in [0.2, 0.25) is 0 Å². The monoisotopic (exact) mass is 314 g/mol. The Bertz CT molecular complexity index is 893. The van der Waals surface area contributed by atoms with E-state index in [9.17, 15) is 14.9 Å². The number of carbonyl (C=O) groups is 1. The van der Waals surface area contributed by atoms with Crippen LogP contribution in [0.4, 0.5) is 11.5 Å². The summed E-state index contributed by atoms with van der Waals surface area (Å²) in [5, 5.41) is 25.4. The van der Waals surface area contributed by atoms with Gasteiger partial charge in [0.2, 0.25) is 0 Å². The number of amides is 1.